The van der Waals surface area contributed by atoms with E-state index in [9.17, 15) is 14.7 Å². The van der Waals surface area contributed by atoms with Gasteiger partial charge in [-0.1, -0.05) is 30.3 Å². The van der Waals surface area contributed by atoms with Crippen LogP contribution in [0.5, 0.6) is 0 Å². The number of aryl methyl sites for hydroxylation is 2. The van der Waals surface area contributed by atoms with Crippen molar-refractivity contribution in [2.75, 3.05) is 0 Å². The van der Waals surface area contributed by atoms with Crippen molar-refractivity contribution in [1.82, 2.24) is 10.3 Å². The summed E-state index contributed by atoms with van der Waals surface area (Å²) >= 11 is 1.21. The molecule has 2 rings (SSSR count). The zero-order valence-electron chi connectivity index (χ0n) is 11.6. The van der Waals surface area contributed by atoms with E-state index < -0.39 is 12.0 Å². The quantitative estimate of drug-likeness (QED) is 0.858. The largest absolute Gasteiger partial charge is 0.480 e. The maximum Gasteiger partial charge on any atom is 0.326 e. The molecular formula is C15H16N2O3S. The number of hydrogen-bond donors (Lipinski definition) is 2. The first-order valence-electron chi connectivity index (χ1n) is 6.55. The Balaban J connectivity index is 1.98. The Morgan fingerprint density at radius 2 is 2.05 bits per heavy atom. The summed E-state index contributed by atoms with van der Waals surface area (Å²) in [5, 5.41) is 11.8. The van der Waals surface area contributed by atoms with E-state index in [0.29, 0.717) is 23.4 Å². The number of thiazole rings is 1. The fraction of sp³-hybridized carbons (Fsp3) is 0.267. The maximum atomic E-state index is 12.0. The molecule has 0 bridgehead atoms. The number of hydrogen-bond acceptors (Lipinski definition) is 4. The summed E-state index contributed by atoms with van der Waals surface area (Å²) in [6.45, 7) is 1.73. The van der Waals surface area contributed by atoms with Gasteiger partial charge in [-0.25, -0.2) is 9.78 Å². The van der Waals surface area contributed by atoms with Crippen molar-refractivity contribution in [3.63, 3.8) is 0 Å². The molecule has 6 heteroatoms. The molecule has 0 spiro atoms. The van der Waals surface area contributed by atoms with Crippen molar-refractivity contribution in [2.45, 2.75) is 25.8 Å². The molecule has 1 aromatic carbocycles. The van der Waals surface area contributed by atoms with E-state index in [0.717, 1.165) is 5.56 Å². The van der Waals surface area contributed by atoms with E-state index in [-0.39, 0.29) is 5.91 Å². The zero-order valence-corrected chi connectivity index (χ0v) is 12.4. The monoisotopic (exact) mass is 304 g/mol. The summed E-state index contributed by atoms with van der Waals surface area (Å²) < 4.78 is 0. The average molecular weight is 304 g/mol. The number of amides is 1. The highest BCUT2D eigenvalue weighted by Gasteiger charge is 2.22. The Morgan fingerprint density at radius 3 is 2.62 bits per heavy atom. The number of nitrogens with zero attached hydrogens (tertiary/aromatic N) is 1. The van der Waals surface area contributed by atoms with Gasteiger partial charge in [0.05, 0.1) is 11.2 Å². The number of carbonyl (C=O) groups is 2. The van der Waals surface area contributed by atoms with Gasteiger partial charge in [-0.3, -0.25) is 4.79 Å². The van der Waals surface area contributed by atoms with Gasteiger partial charge in [0.25, 0.3) is 5.91 Å². The molecule has 0 aliphatic carbocycles. The van der Waals surface area contributed by atoms with E-state index in [1.807, 2.05) is 30.3 Å². The summed E-state index contributed by atoms with van der Waals surface area (Å²) in [7, 11) is 0. The number of carboxylic acids is 1. The molecule has 110 valence electrons. The van der Waals surface area contributed by atoms with Gasteiger partial charge in [-0.2, -0.15) is 0 Å². The van der Waals surface area contributed by atoms with Crippen LogP contribution in [0.1, 0.15) is 27.3 Å². The molecule has 0 saturated heterocycles. The molecule has 1 aromatic heterocycles. The van der Waals surface area contributed by atoms with Gasteiger partial charge >= 0.3 is 5.97 Å². The fourth-order valence-corrected chi connectivity index (χ4v) is 2.66. The molecule has 1 atom stereocenters. The Labute approximate surface area is 126 Å². The third kappa shape index (κ3) is 4.13. The molecule has 2 aromatic rings. The fourth-order valence-electron chi connectivity index (χ4n) is 1.96. The molecular weight excluding hydrogens is 288 g/mol. The van der Waals surface area contributed by atoms with Crippen LogP contribution in [0, 0.1) is 6.92 Å². The lowest BCUT2D eigenvalue weighted by molar-refractivity contribution is -0.139. The number of carbonyl (C=O) groups excluding carboxylic acids is 1. The minimum atomic E-state index is -1.03. The highest BCUT2D eigenvalue weighted by Crippen LogP contribution is 2.13. The maximum absolute atomic E-state index is 12.0. The summed E-state index contributed by atoms with van der Waals surface area (Å²) in [6.07, 6.45) is 0.947. The average Bonchev–Trinajstić information content (AvgIpc) is 2.90. The van der Waals surface area contributed by atoms with Crippen molar-refractivity contribution in [3.8, 4) is 0 Å². The van der Waals surface area contributed by atoms with Crippen LogP contribution in [-0.4, -0.2) is 28.0 Å². The Morgan fingerprint density at radius 1 is 1.33 bits per heavy atom. The molecule has 0 saturated carbocycles. The van der Waals surface area contributed by atoms with E-state index in [1.165, 1.54) is 11.3 Å². The highest BCUT2D eigenvalue weighted by atomic mass is 32.1. The van der Waals surface area contributed by atoms with E-state index >= 15 is 0 Å². The van der Waals surface area contributed by atoms with Gasteiger partial charge in [0.2, 0.25) is 0 Å². The van der Waals surface area contributed by atoms with Crippen molar-refractivity contribution in [3.05, 3.63) is 52.0 Å². The first kappa shape index (κ1) is 15.2. The molecule has 2 N–H and O–H groups in total. The number of rotatable bonds is 6. The van der Waals surface area contributed by atoms with Gasteiger partial charge < -0.3 is 10.4 Å². The smallest absolute Gasteiger partial charge is 0.326 e. The van der Waals surface area contributed by atoms with E-state index in [4.69, 9.17) is 0 Å². The second kappa shape index (κ2) is 6.99. The van der Waals surface area contributed by atoms with Crippen molar-refractivity contribution < 1.29 is 14.7 Å². The number of benzene rings is 1. The second-order valence-electron chi connectivity index (χ2n) is 4.66. The summed E-state index contributed by atoms with van der Waals surface area (Å²) in [5.74, 6) is -1.41. The molecule has 1 amide bonds. The van der Waals surface area contributed by atoms with Crippen LogP contribution < -0.4 is 5.32 Å². The Hall–Kier alpha value is -2.21. The minimum absolute atomic E-state index is 0.350. The SMILES string of the molecule is Cc1ncsc1C(=O)NC(CCc1ccccc1)C(=O)O. The van der Waals surface area contributed by atoms with Gasteiger partial charge in [0.1, 0.15) is 10.9 Å². The van der Waals surface area contributed by atoms with Gasteiger partial charge in [0, 0.05) is 0 Å². The second-order valence-corrected chi connectivity index (χ2v) is 5.51. The number of aromatic nitrogens is 1. The van der Waals surface area contributed by atoms with Gasteiger partial charge in [0.15, 0.2) is 0 Å². The lowest BCUT2D eigenvalue weighted by Crippen LogP contribution is -2.41. The normalized spacial score (nSPS) is 11.9. The molecule has 1 heterocycles. The molecule has 0 aliphatic heterocycles. The van der Waals surface area contributed by atoms with Crippen LogP contribution in [0.2, 0.25) is 0 Å². The summed E-state index contributed by atoms with van der Waals surface area (Å²) in [6, 6.07) is 8.70. The zero-order chi connectivity index (χ0) is 15.2. The minimum Gasteiger partial charge on any atom is -0.480 e. The van der Waals surface area contributed by atoms with Crippen LogP contribution in [0.25, 0.3) is 0 Å². The molecule has 21 heavy (non-hydrogen) atoms. The first-order valence-corrected chi connectivity index (χ1v) is 7.43. The van der Waals surface area contributed by atoms with Crippen molar-refractivity contribution in [1.29, 1.82) is 0 Å². The van der Waals surface area contributed by atoms with Crippen LogP contribution in [-0.2, 0) is 11.2 Å². The summed E-state index contributed by atoms with van der Waals surface area (Å²) in [5.41, 5.74) is 3.24. The van der Waals surface area contributed by atoms with Crippen molar-refractivity contribution in [2.24, 2.45) is 0 Å². The van der Waals surface area contributed by atoms with Gasteiger partial charge in [-0.05, 0) is 25.3 Å². The standard InChI is InChI=1S/C15H16N2O3S/c1-10-13(21-9-16-10)14(18)17-12(15(19)20)8-7-11-5-3-2-4-6-11/h2-6,9,12H,7-8H2,1H3,(H,17,18)(H,19,20). The molecule has 1 unspecified atom stereocenters. The van der Waals surface area contributed by atoms with Crippen LogP contribution >= 0.6 is 11.3 Å². The van der Waals surface area contributed by atoms with Gasteiger partial charge in [-0.15, -0.1) is 11.3 Å². The number of carboxylic acid groups (broad SMARTS) is 1. The lowest BCUT2D eigenvalue weighted by Gasteiger charge is -2.14. The number of nitrogens with one attached hydrogen (secondary N) is 1. The topological polar surface area (TPSA) is 79.3 Å². The molecule has 5 nitrogen and oxygen atoms in total. The lowest BCUT2D eigenvalue weighted by atomic mass is 10.1. The number of aliphatic carboxylic acids is 1. The molecule has 0 radical (unpaired) electrons. The Kier molecular flexibility index (Phi) is 5.05. The molecule has 0 fully saturated rings. The highest BCUT2D eigenvalue weighted by molar-refractivity contribution is 7.11. The van der Waals surface area contributed by atoms with Crippen LogP contribution in [0.15, 0.2) is 35.8 Å². The van der Waals surface area contributed by atoms with Crippen LogP contribution in [0.4, 0.5) is 0 Å². The molecule has 0 aliphatic rings. The predicted molar refractivity (Wildman–Crippen MR) is 80.5 cm³/mol. The summed E-state index contributed by atoms with van der Waals surface area (Å²) in [4.78, 5) is 27.8. The van der Waals surface area contributed by atoms with Crippen molar-refractivity contribution >= 4 is 23.2 Å². The first-order chi connectivity index (χ1) is 10.1. The van der Waals surface area contributed by atoms with Crippen LogP contribution in [0.3, 0.4) is 0 Å². The van der Waals surface area contributed by atoms with E-state index in [2.05, 4.69) is 10.3 Å². The Bertz CT molecular complexity index is 625. The van der Waals surface area contributed by atoms with E-state index in [1.54, 1.807) is 12.4 Å². The third-order valence-corrected chi connectivity index (χ3v) is 4.05. The third-order valence-electron chi connectivity index (χ3n) is 3.12. The predicted octanol–water partition coefficient (Wildman–Crippen LogP) is 2.27.